The van der Waals surface area contributed by atoms with Crippen LogP contribution in [0.3, 0.4) is 0 Å². The topological polar surface area (TPSA) is 98.8 Å². The number of esters is 2. The standard InChI is InChI=1S/C13H17NO6S/c1-4-20-12(15)9(2)14-21(17,18)11-8-6-5-7-10(11)13(16)19-3/h5-9,14H,4H2,1-3H3. The summed E-state index contributed by atoms with van der Waals surface area (Å²) in [5.74, 6) is -1.48. The Kier molecular flexibility index (Phi) is 5.86. The van der Waals surface area contributed by atoms with Crippen molar-refractivity contribution in [3.05, 3.63) is 29.8 Å². The van der Waals surface area contributed by atoms with Crippen molar-refractivity contribution in [3.63, 3.8) is 0 Å². The number of ether oxygens (including phenoxy) is 2. The first-order chi connectivity index (χ1) is 9.83. The van der Waals surface area contributed by atoms with E-state index in [1.807, 2.05) is 0 Å². The maximum Gasteiger partial charge on any atom is 0.339 e. The van der Waals surface area contributed by atoms with Gasteiger partial charge < -0.3 is 9.47 Å². The Labute approximate surface area is 123 Å². The second-order valence-corrected chi connectivity index (χ2v) is 5.77. The summed E-state index contributed by atoms with van der Waals surface area (Å²) in [5.41, 5.74) is -0.108. The van der Waals surface area contributed by atoms with E-state index in [9.17, 15) is 18.0 Å². The molecular weight excluding hydrogens is 298 g/mol. The van der Waals surface area contributed by atoms with Gasteiger partial charge in [-0.15, -0.1) is 0 Å². The first-order valence-electron chi connectivity index (χ1n) is 6.19. The minimum Gasteiger partial charge on any atom is -0.465 e. The van der Waals surface area contributed by atoms with E-state index < -0.39 is 28.0 Å². The number of hydrogen-bond donors (Lipinski definition) is 1. The normalized spacial score (nSPS) is 12.5. The molecule has 0 fully saturated rings. The highest BCUT2D eigenvalue weighted by atomic mass is 32.2. The van der Waals surface area contributed by atoms with Crippen molar-refractivity contribution in [2.45, 2.75) is 24.8 Å². The molecule has 1 N–H and O–H groups in total. The summed E-state index contributed by atoms with van der Waals surface area (Å²) in [7, 11) is -2.91. The molecule has 1 unspecified atom stereocenters. The fourth-order valence-corrected chi connectivity index (χ4v) is 2.98. The zero-order valence-corrected chi connectivity index (χ0v) is 12.8. The summed E-state index contributed by atoms with van der Waals surface area (Å²) < 4.78 is 36.0. The molecule has 21 heavy (non-hydrogen) atoms. The van der Waals surface area contributed by atoms with Gasteiger partial charge in [0.2, 0.25) is 10.0 Å². The molecule has 0 spiro atoms. The van der Waals surface area contributed by atoms with Crippen LogP contribution in [0.15, 0.2) is 29.2 Å². The molecule has 0 saturated carbocycles. The van der Waals surface area contributed by atoms with Crippen LogP contribution in [-0.2, 0) is 24.3 Å². The summed E-state index contributed by atoms with van der Waals surface area (Å²) in [5, 5.41) is 0. The lowest BCUT2D eigenvalue weighted by Gasteiger charge is -2.14. The van der Waals surface area contributed by atoms with Gasteiger partial charge in [0.25, 0.3) is 0 Å². The molecule has 0 saturated heterocycles. The SMILES string of the molecule is CCOC(=O)C(C)NS(=O)(=O)c1ccccc1C(=O)OC. The van der Waals surface area contributed by atoms with Crippen molar-refractivity contribution in [1.29, 1.82) is 0 Å². The number of sulfonamides is 1. The van der Waals surface area contributed by atoms with Gasteiger partial charge in [0.1, 0.15) is 6.04 Å². The molecule has 7 nitrogen and oxygen atoms in total. The van der Waals surface area contributed by atoms with Crippen LogP contribution in [0.25, 0.3) is 0 Å². The second-order valence-electron chi connectivity index (χ2n) is 4.08. The lowest BCUT2D eigenvalue weighted by Crippen LogP contribution is -2.40. The van der Waals surface area contributed by atoms with Crippen LogP contribution < -0.4 is 4.72 Å². The average molecular weight is 315 g/mol. The molecule has 0 heterocycles. The number of carbonyl (C=O) groups excluding carboxylic acids is 2. The highest BCUT2D eigenvalue weighted by molar-refractivity contribution is 7.89. The molecule has 1 atom stereocenters. The molecule has 116 valence electrons. The third kappa shape index (κ3) is 4.27. The van der Waals surface area contributed by atoms with Crippen molar-refractivity contribution in [2.75, 3.05) is 13.7 Å². The van der Waals surface area contributed by atoms with Gasteiger partial charge in [0.15, 0.2) is 0 Å². The van der Waals surface area contributed by atoms with Crippen molar-refractivity contribution in [1.82, 2.24) is 4.72 Å². The van der Waals surface area contributed by atoms with Gasteiger partial charge in [-0.1, -0.05) is 12.1 Å². The van der Waals surface area contributed by atoms with Crippen molar-refractivity contribution >= 4 is 22.0 Å². The van der Waals surface area contributed by atoms with Gasteiger partial charge in [-0.25, -0.2) is 13.2 Å². The summed E-state index contributed by atoms with van der Waals surface area (Å²) >= 11 is 0. The van der Waals surface area contributed by atoms with Gasteiger partial charge in [-0.2, -0.15) is 4.72 Å². The van der Waals surface area contributed by atoms with E-state index in [0.717, 1.165) is 7.11 Å². The molecule has 0 aliphatic carbocycles. The lowest BCUT2D eigenvalue weighted by molar-refractivity contribution is -0.144. The Morgan fingerprint density at radius 2 is 1.90 bits per heavy atom. The van der Waals surface area contributed by atoms with Crippen LogP contribution >= 0.6 is 0 Å². The van der Waals surface area contributed by atoms with Gasteiger partial charge in [-0.05, 0) is 26.0 Å². The maximum atomic E-state index is 12.3. The number of nitrogens with one attached hydrogen (secondary N) is 1. The molecule has 1 rings (SSSR count). The minimum absolute atomic E-state index is 0.108. The number of carbonyl (C=O) groups is 2. The van der Waals surface area contributed by atoms with Crippen LogP contribution in [0, 0.1) is 0 Å². The molecule has 0 bridgehead atoms. The van der Waals surface area contributed by atoms with Gasteiger partial charge in [-0.3, -0.25) is 4.79 Å². The van der Waals surface area contributed by atoms with Crippen molar-refractivity contribution in [2.24, 2.45) is 0 Å². The van der Waals surface area contributed by atoms with Crippen LogP contribution in [0.2, 0.25) is 0 Å². The van der Waals surface area contributed by atoms with Crippen molar-refractivity contribution < 1.29 is 27.5 Å². The van der Waals surface area contributed by atoms with E-state index in [4.69, 9.17) is 4.74 Å². The predicted octanol–water partition coefficient (Wildman–Crippen LogP) is 0.703. The molecule has 0 amide bonds. The second kappa shape index (κ2) is 7.19. The van der Waals surface area contributed by atoms with E-state index in [1.165, 1.54) is 31.2 Å². The Balaban J connectivity index is 3.09. The Hall–Kier alpha value is -1.93. The first kappa shape index (κ1) is 17.1. The largest absolute Gasteiger partial charge is 0.465 e. The van der Waals surface area contributed by atoms with E-state index in [1.54, 1.807) is 6.92 Å². The molecule has 1 aromatic rings. The van der Waals surface area contributed by atoms with Crippen LogP contribution in [0.1, 0.15) is 24.2 Å². The zero-order valence-electron chi connectivity index (χ0n) is 12.0. The third-order valence-electron chi connectivity index (χ3n) is 2.55. The van der Waals surface area contributed by atoms with Gasteiger partial charge >= 0.3 is 11.9 Å². The highest BCUT2D eigenvalue weighted by Crippen LogP contribution is 2.16. The molecule has 0 radical (unpaired) electrons. The Morgan fingerprint density at radius 1 is 1.29 bits per heavy atom. The van der Waals surface area contributed by atoms with Gasteiger partial charge in [0, 0.05) is 0 Å². The summed E-state index contributed by atoms with van der Waals surface area (Å²) in [4.78, 5) is 22.8. The molecule has 0 aliphatic heterocycles. The van der Waals surface area contributed by atoms with Crippen molar-refractivity contribution in [3.8, 4) is 0 Å². The minimum atomic E-state index is -4.06. The van der Waals surface area contributed by atoms with E-state index in [-0.39, 0.29) is 17.1 Å². The first-order valence-corrected chi connectivity index (χ1v) is 7.68. The monoisotopic (exact) mass is 315 g/mol. The highest BCUT2D eigenvalue weighted by Gasteiger charge is 2.27. The van der Waals surface area contributed by atoms with E-state index in [2.05, 4.69) is 9.46 Å². The summed E-state index contributed by atoms with van der Waals surface area (Å²) in [6.07, 6.45) is 0. The average Bonchev–Trinajstić information content (AvgIpc) is 2.46. The van der Waals surface area contributed by atoms with E-state index >= 15 is 0 Å². The number of methoxy groups -OCH3 is 1. The smallest absolute Gasteiger partial charge is 0.339 e. The molecule has 0 aliphatic rings. The fourth-order valence-electron chi connectivity index (χ4n) is 1.59. The quantitative estimate of drug-likeness (QED) is 0.776. The Morgan fingerprint density at radius 3 is 2.48 bits per heavy atom. The fraction of sp³-hybridized carbons (Fsp3) is 0.385. The molecule has 1 aromatic carbocycles. The number of benzene rings is 1. The lowest BCUT2D eigenvalue weighted by atomic mass is 10.2. The van der Waals surface area contributed by atoms with Crippen LogP contribution in [0.5, 0.6) is 0 Å². The third-order valence-corrected chi connectivity index (χ3v) is 4.15. The molecule has 8 heteroatoms. The summed E-state index contributed by atoms with van der Waals surface area (Å²) in [6, 6.07) is 4.50. The summed E-state index contributed by atoms with van der Waals surface area (Å²) in [6.45, 7) is 3.12. The number of hydrogen-bond acceptors (Lipinski definition) is 6. The van der Waals surface area contributed by atoms with Crippen LogP contribution in [-0.4, -0.2) is 40.1 Å². The van der Waals surface area contributed by atoms with Crippen LogP contribution in [0.4, 0.5) is 0 Å². The number of rotatable bonds is 6. The zero-order chi connectivity index (χ0) is 16.0. The van der Waals surface area contributed by atoms with Gasteiger partial charge in [0.05, 0.1) is 24.2 Å². The maximum absolute atomic E-state index is 12.3. The van der Waals surface area contributed by atoms with E-state index in [0.29, 0.717) is 0 Å². The predicted molar refractivity (Wildman–Crippen MR) is 74.2 cm³/mol. The molecular formula is C13H17NO6S. The Bertz CT molecular complexity index is 625. The molecule has 0 aromatic heterocycles.